The summed E-state index contributed by atoms with van der Waals surface area (Å²) >= 11 is 5.58. The van der Waals surface area contributed by atoms with E-state index in [9.17, 15) is 4.79 Å². The summed E-state index contributed by atoms with van der Waals surface area (Å²) in [4.78, 5) is 16.7. The third kappa shape index (κ3) is 3.28. The molecule has 132 valence electrons. The largest absolute Gasteiger partial charge is 0.355 e. The van der Waals surface area contributed by atoms with Crippen molar-refractivity contribution in [3.63, 3.8) is 0 Å². The summed E-state index contributed by atoms with van der Waals surface area (Å²) in [5, 5.41) is 4.17. The number of rotatable bonds is 6. The Labute approximate surface area is 156 Å². The number of alkyl halides is 1. The van der Waals surface area contributed by atoms with Gasteiger partial charge in [-0.1, -0.05) is 27.7 Å². The van der Waals surface area contributed by atoms with Crippen LogP contribution in [0.1, 0.15) is 45.4 Å². The van der Waals surface area contributed by atoms with Crippen molar-refractivity contribution in [2.24, 2.45) is 17.3 Å². The molecular weight excluding hydrogens is 386 g/mol. The quantitative estimate of drug-likeness (QED) is 0.571. The molecule has 0 spiro atoms. The topological polar surface area (TPSA) is 46.9 Å². The van der Waals surface area contributed by atoms with E-state index in [-0.39, 0.29) is 5.91 Å². The number of imidazole rings is 1. The van der Waals surface area contributed by atoms with Crippen LogP contribution in [0.15, 0.2) is 17.6 Å². The first-order valence-electron chi connectivity index (χ1n) is 9.09. The molecule has 4 aliphatic rings. The summed E-state index contributed by atoms with van der Waals surface area (Å²) in [6.07, 6.45) is 11.7. The Hall–Kier alpha value is -0.490. The van der Waals surface area contributed by atoms with Gasteiger partial charge in [-0.15, -0.1) is 0 Å². The van der Waals surface area contributed by atoms with Crippen LogP contribution in [0.5, 0.6) is 0 Å². The highest BCUT2D eigenvalue weighted by molar-refractivity contribution is 9.10. The molecule has 1 aromatic rings. The number of carbonyl (C=O) groups is 1. The Kier molecular flexibility index (Phi) is 4.48. The normalized spacial score (nSPS) is 36.9. The predicted octanol–water partition coefficient (Wildman–Crippen LogP) is 3.85. The Bertz CT molecular complexity index is 618. The van der Waals surface area contributed by atoms with E-state index in [4.69, 9.17) is 0 Å². The maximum absolute atomic E-state index is 12.3. The van der Waals surface area contributed by atoms with Crippen molar-refractivity contribution in [3.8, 4) is 0 Å². The first-order valence-corrected chi connectivity index (χ1v) is 10.9. The number of amides is 1. The first-order chi connectivity index (χ1) is 11.5. The summed E-state index contributed by atoms with van der Waals surface area (Å²) in [5.41, 5.74) is 0.343. The van der Waals surface area contributed by atoms with Crippen LogP contribution in [-0.4, -0.2) is 32.1 Å². The van der Waals surface area contributed by atoms with Crippen molar-refractivity contribution in [1.82, 2.24) is 14.9 Å². The smallest absolute Gasteiger partial charge is 0.230 e. The number of hydrogen-bond acceptors (Lipinski definition) is 3. The van der Waals surface area contributed by atoms with E-state index < -0.39 is 0 Å². The van der Waals surface area contributed by atoms with Crippen molar-refractivity contribution in [2.45, 2.75) is 61.5 Å². The van der Waals surface area contributed by atoms with E-state index in [0.717, 1.165) is 30.1 Å². The molecule has 5 rings (SSSR count). The molecule has 0 aromatic carbocycles. The molecule has 4 bridgehead atoms. The third-order valence-corrected chi connectivity index (χ3v) is 8.05. The number of aromatic nitrogens is 2. The minimum absolute atomic E-state index is 0.144. The Morgan fingerprint density at radius 1 is 1.42 bits per heavy atom. The number of carbonyl (C=O) groups excluding carboxylic acids is 1. The van der Waals surface area contributed by atoms with Crippen LogP contribution in [0.4, 0.5) is 0 Å². The first kappa shape index (κ1) is 17.0. The molecule has 4 nitrogen and oxygen atoms in total. The minimum Gasteiger partial charge on any atom is -0.355 e. The molecule has 0 radical (unpaired) electrons. The molecule has 6 heteroatoms. The van der Waals surface area contributed by atoms with Crippen LogP contribution in [0.2, 0.25) is 0 Å². The molecule has 4 saturated carbocycles. The second-order valence-corrected chi connectivity index (χ2v) is 10.8. The van der Waals surface area contributed by atoms with Gasteiger partial charge in [-0.25, -0.2) is 4.98 Å². The molecule has 2 atom stereocenters. The fourth-order valence-electron chi connectivity index (χ4n) is 5.69. The van der Waals surface area contributed by atoms with Crippen molar-refractivity contribution >= 4 is 33.6 Å². The molecule has 1 aromatic heterocycles. The molecule has 4 aliphatic carbocycles. The number of aryl methyl sites for hydroxylation is 1. The van der Waals surface area contributed by atoms with Gasteiger partial charge in [0.25, 0.3) is 0 Å². The Balaban J connectivity index is 1.31. The van der Waals surface area contributed by atoms with Gasteiger partial charge in [0.2, 0.25) is 5.91 Å². The molecule has 0 aliphatic heterocycles. The van der Waals surface area contributed by atoms with E-state index in [1.807, 2.05) is 6.20 Å². The average Bonchev–Trinajstić information content (AvgIpc) is 2.96. The monoisotopic (exact) mass is 411 g/mol. The van der Waals surface area contributed by atoms with Gasteiger partial charge in [-0.3, -0.25) is 4.79 Å². The Morgan fingerprint density at radius 3 is 2.83 bits per heavy atom. The number of hydrogen-bond donors (Lipinski definition) is 1. The van der Waals surface area contributed by atoms with Crippen LogP contribution in [0.25, 0.3) is 0 Å². The zero-order valence-electron chi connectivity index (χ0n) is 14.3. The van der Waals surface area contributed by atoms with Gasteiger partial charge in [0.1, 0.15) is 0 Å². The number of halogens is 1. The molecule has 4 fully saturated rings. The third-order valence-electron chi connectivity index (χ3n) is 6.12. The van der Waals surface area contributed by atoms with Crippen LogP contribution in [-0.2, 0) is 11.3 Å². The van der Waals surface area contributed by atoms with Crippen molar-refractivity contribution < 1.29 is 4.79 Å². The fraction of sp³-hybridized carbons (Fsp3) is 0.778. The lowest BCUT2D eigenvalue weighted by Gasteiger charge is -2.60. The zero-order valence-corrected chi connectivity index (χ0v) is 16.7. The van der Waals surface area contributed by atoms with Gasteiger partial charge in [0, 0.05) is 29.8 Å². The van der Waals surface area contributed by atoms with E-state index in [1.165, 1.54) is 50.3 Å². The van der Waals surface area contributed by atoms with Crippen molar-refractivity contribution in [1.29, 1.82) is 0 Å². The van der Waals surface area contributed by atoms with Crippen LogP contribution < -0.4 is 5.32 Å². The lowest BCUT2D eigenvalue weighted by Crippen LogP contribution is -2.56. The number of nitrogens with one attached hydrogen (secondary N) is 1. The van der Waals surface area contributed by atoms with Gasteiger partial charge in [-0.2, -0.15) is 0 Å². The summed E-state index contributed by atoms with van der Waals surface area (Å²) in [5.74, 6) is 2.34. The molecular formula is C18H26BrN3OS. The van der Waals surface area contributed by atoms with Gasteiger partial charge in [0.05, 0.1) is 5.75 Å². The van der Waals surface area contributed by atoms with Gasteiger partial charge >= 0.3 is 0 Å². The second kappa shape index (κ2) is 6.35. The fourth-order valence-corrected chi connectivity index (χ4v) is 8.05. The molecule has 0 saturated heterocycles. The molecule has 24 heavy (non-hydrogen) atoms. The maximum atomic E-state index is 12.3. The van der Waals surface area contributed by atoms with Crippen LogP contribution >= 0.6 is 27.7 Å². The van der Waals surface area contributed by atoms with Gasteiger partial charge in [-0.05, 0) is 62.7 Å². The lowest BCUT2D eigenvalue weighted by atomic mass is 9.49. The predicted molar refractivity (Wildman–Crippen MR) is 100 cm³/mol. The summed E-state index contributed by atoms with van der Waals surface area (Å²) in [6, 6.07) is 0. The van der Waals surface area contributed by atoms with Gasteiger partial charge in [0.15, 0.2) is 5.16 Å². The summed E-state index contributed by atoms with van der Waals surface area (Å²) < 4.78 is 2.44. The van der Waals surface area contributed by atoms with E-state index in [2.05, 4.69) is 37.7 Å². The Morgan fingerprint density at radius 2 is 2.17 bits per heavy atom. The van der Waals surface area contributed by atoms with Crippen LogP contribution in [0, 0.1) is 17.3 Å². The molecule has 1 N–H and O–H groups in total. The maximum Gasteiger partial charge on any atom is 0.230 e. The summed E-state index contributed by atoms with van der Waals surface area (Å²) in [7, 11) is 0. The minimum atomic E-state index is 0.144. The van der Waals surface area contributed by atoms with E-state index in [0.29, 0.717) is 15.5 Å². The zero-order chi connectivity index (χ0) is 16.8. The van der Waals surface area contributed by atoms with Gasteiger partial charge < -0.3 is 9.88 Å². The number of nitrogens with zero attached hydrogens (tertiary/aromatic N) is 2. The van der Waals surface area contributed by atoms with E-state index >= 15 is 0 Å². The highest BCUT2D eigenvalue weighted by atomic mass is 79.9. The molecule has 2 unspecified atom stereocenters. The van der Waals surface area contributed by atoms with Crippen molar-refractivity contribution in [2.75, 3.05) is 12.3 Å². The SMILES string of the molecule is CCn1ccnc1SCC(=O)NCC12CC3CC(CC(Br)(C3)C1)C2. The van der Waals surface area contributed by atoms with E-state index in [1.54, 1.807) is 6.20 Å². The standard InChI is InChI=1S/C18H26BrN3OS/c1-2-22-4-3-20-16(22)24-10-15(23)21-12-17-6-13-5-14(7-17)9-18(19,8-13)11-17/h3-4,13-14H,2,5-12H2,1H3,(H,21,23). The highest BCUT2D eigenvalue weighted by Crippen LogP contribution is 2.64. The average molecular weight is 412 g/mol. The highest BCUT2D eigenvalue weighted by Gasteiger charge is 2.56. The van der Waals surface area contributed by atoms with Crippen molar-refractivity contribution in [3.05, 3.63) is 12.4 Å². The van der Waals surface area contributed by atoms with Crippen LogP contribution in [0.3, 0.4) is 0 Å². The molecule has 1 amide bonds. The molecule has 1 heterocycles. The summed E-state index contributed by atoms with van der Waals surface area (Å²) in [6.45, 7) is 3.84. The number of thioether (sulfide) groups is 1. The second-order valence-electron chi connectivity index (χ2n) is 8.17. The lowest BCUT2D eigenvalue weighted by molar-refractivity contribution is -0.120.